The second-order valence-electron chi connectivity index (χ2n) is 4.41. The number of anilines is 1. The van der Waals surface area contributed by atoms with Crippen molar-refractivity contribution in [2.24, 2.45) is 5.73 Å². The monoisotopic (exact) mass is 354 g/mol. The maximum absolute atomic E-state index is 12.3. The van der Waals surface area contributed by atoms with Crippen LogP contribution in [0.4, 0.5) is 5.69 Å². The zero-order valence-corrected chi connectivity index (χ0v) is 13.3. The van der Waals surface area contributed by atoms with E-state index >= 15 is 0 Å². The SMILES string of the molecule is Cc1cc(Br)ccc1NS(=O)(=O)c1ccc(CN)cc1. The van der Waals surface area contributed by atoms with E-state index in [4.69, 9.17) is 5.73 Å². The molecule has 0 saturated heterocycles. The molecule has 0 aliphatic carbocycles. The summed E-state index contributed by atoms with van der Waals surface area (Å²) >= 11 is 3.35. The van der Waals surface area contributed by atoms with E-state index in [9.17, 15) is 8.42 Å². The molecule has 3 N–H and O–H groups in total. The van der Waals surface area contributed by atoms with Gasteiger partial charge in [-0.2, -0.15) is 0 Å². The minimum absolute atomic E-state index is 0.219. The van der Waals surface area contributed by atoms with Gasteiger partial charge in [-0.05, 0) is 48.4 Å². The second kappa shape index (κ2) is 5.95. The van der Waals surface area contributed by atoms with E-state index in [2.05, 4.69) is 20.7 Å². The summed E-state index contributed by atoms with van der Waals surface area (Å²) in [4.78, 5) is 0.219. The normalized spacial score (nSPS) is 11.3. The number of rotatable bonds is 4. The van der Waals surface area contributed by atoms with Crippen molar-refractivity contribution in [3.8, 4) is 0 Å². The number of nitrogens with two attached hydrogens (primary N) is 1. The van der Waals surface area contributed by atoms with Gasteiger partial charge in [-0.15, -0.1) is 0 Å². The molecule has 0 bridgehead atoms. The summed E-state index contributed by atoms with van der Waals surface area (Å²) in [5, 5.41) is 0. The van der Waals surface area contributed by atoms with E-state index in [1.165, 1.54) is 0 Å². The molecule has 2 rings (SSSR count). The highest BCUT2D eigenvalue weighted by molar-refractivity contribution is 9.10. The first kappa shape index (κ1) is 15.0. The topological polar surface area (TPSA) is 72.2 Å². The molecule has 4 nitrogen and oxygen atoms in total. The van der Waals surface area contributed by atoms with E-state index in [0.717, 1.165) is 15.6 Å². The molecular weight excluding hydrogens is 340 g/mol. The van der Waals surface area contributed by atoms with Crippen molar-refractivity contribution in [3.05, 3.63) is 58.1 Å². The van der Waals surface area contributed by atoms with E-state index in [1.54, 1.807) is 36.4 Å². The van der Waals surface area contributed by atoms with Crippen molar-refractivity contribution in [1.29, 1.82) is 0 Å². The Bertz CT molecular complexity index is 712. The van der Waals surface area contributed by atoms with Crippen LogP contribution in [0.15, 0.2) is 51.8 Å². The molecule has 0 spiro atoms. The number of benzene rings is 2. The van der Waals surface area contributed by atoms with Gasteiger partial charge in [0, 0.05) is 11.0 Å². The maximum Gasteiger partial charge on any atom is 0.261 e. The molecule has 0 heterocycles. The summed E-state index contributed by atoms with van der Waals surface area (Å²) in [7, 11) is -3.58. The third-order valence-electron chi connectivity index (χ3n) is 2.90. The fraction of sp³-hybridized carbons (Fsp3) is 0.143. The average molecular weight is 355 g/mol. The van der Waals surface area contributed by atoms with Crippen LogP contribution in [0, 0.1) is 6.92 Å². The van der Waals surface area contributed by atoms with Gasteiger partial charge in [0.25, 0.3) is 10.0 Å². The summed E-state index contributed by atoms with van der Waals surface area (Å²) in [6.45, 7) is 2.24. The largest absolute Gasteiger partial charge is 0.326 e. The van der Waals surface area contributed by atoms with Gasteiger partial charge in [0.1, 0.15) is 0 Å². The molecule has 0 amide bonds. The lowest BCUT2D eigenvalue weighted by Gasteiger charge is -2.11. The average Bonchev–Trinajstić information content (AvgIpc) is 2.42. The van der Waals surface area contributed by atoms with Crippen molar-refractivity contribution in [2.45, 2.75) is 18.4 Å². The predicted molar refractivity (Wildman–Crippen MR) is 84.0 cm³/mol. The molecule has 0 fully saturated rings. The Balaban J connectivity index is 2.30. The molecule has 0 aliphatic rings. The molecule has 6 heteroatoms. The molecule has 106 valence electrons. The van der Waals surface area contributed by atoms with E-state index < -0.39 is 10.0 Å². The number of aryl methyl sites for hydroxylation is 1. The molecular formula is C14H15BrN2O2S. The van der Waals surface area contributed by atoms with Crippen LogP contribution >= 0.6 is 15.9 Å². The van der Waals surface area contributed by atoms with Gasteiger partial charge >= 0.3 is 0 Å². The Hall–Kier alpha value is -1.37. The van der Waals surface area contributed by atoms with Gasteiger partial charge in [-0.1, -0.05) is 28.1 Å². The summed E-state index contributed by atoms with van der Waals surface area (Å²) in [5.41, 5.74) is 7.80. The minimum Gasteiger partial charge on any atom is -0.326 e. The Morgan fingerprint density at radius 2 is 1.80 bits per heavy atom. The van der Waals surface area contributed by atoms with Crippen LogP contribution in [0.1, 0.15) is 11.1 Å². The van der Waals surface area contributed by atoms with E-state index in [-0.39, 0.29) is 4.90 Å². The molecule has 0 radical (unpaired) electrons. The molecule has 0 atom stereocenters. The van der Waals surface area contributed by atoms with Crippen molar-refractivity contribution in [2.75, 3.05) is 4.72 Å². The van der Waals surface area contributed by atoms with Crippen LogP contribution in [0.5, 0.6) is 0 Å². The van der Waals surface area contributed by atoms with Gasteiger partial charge in [-0.3, -0.25) is 4.72 Å². The van der Waals surface area contributed by atoms with Crippen LogP contribution in [0.25, 0.3) is 0 Å². The Labute approximate surface area is 127 Å². The molecule has 2 aromatic carbocycles. The highest BCUT2D eigenvalue weighted by Crippen LogP contribution is 2.23. The number of sulfonamides is 1. The molecule has 0 aromatic heterocycles. The highest BCUT2D eigenvalue weighted by Gasteiger charge is 2.15. The number of nitrogens with one attached hydrogen (secondary N) is 1. The van der Waals surface area contributed by atoms with Crippen molar-refractivity contribution in [1.82, 2.24) is 0 Å². The molecule has 0 aliphatic heterocycles. The van der Waals surface area contributed by atoms with E-state index in [1.807, 2.05) is 13.0 Å². The van der Waals surface area contributed by atoms with Gasteiger partial charge in [0.2, 0.25) is 0 Å². The lowest BCUT2D eigenvalue weighted by atomic mass is 10.2. The summed E-state index contributed by atoms with van der Waals surface area (Å²) < 4.78 is 28.1. The third kappa shape index (κ3) is 3.39. The summed E-state index contributed by atoms with van der Waals surface area (Å²) in [5.74, 6) is 0. The fourth-order valence-electron chi connectivity index (χ4n) is 1.75. The van der Waals surface area contributed by atoms with Gasteiger partial charge in [-0.25, -0.2) is 8.42 Å². The molecule has 0 saturated carbocycles. The van der Waals surface area contributed by atoms with Crippen molar-refractivity contribution < 1.29 is 8.42 Å². The standard InChI is InChI=1S/C14H15BrN2O2S/c1-10-8-12(15)4-7-14(10)17-20(18,19)13-5-2-11(9-16)3-6-13/h2-8,17H,9,16H2,1H3. The Morgan fingerprint density at radius 1 is 1.15 bits per heavy atom. The number of hydrogen-bond acceptors (Lipinski definition) is 3. The van der Waals surface area contributed by atoms with Gasteiger partial charge in [0.15, 0.2) is 0 Å². The second-order valence-corrected chi connectivity index (χ2v) is 7.01. The first-order valence-electron chi connectivity index (χ1n) is 6.00. The third-order valence-corrected chi connectivity index (χ3v) is 4.78. The smallest absolute Gasteiger partial charge is 0.261 e. The zero-order valence-electron chi connectivity index (χ0n) is 10.9. The maximum atomic E-state index is 12.3. The highest BCUT2D eigenvalue weighted by atomic mass is 79.9. The fourth-order valence-corrected chi connectivity index (χ4v) is 3.36. The molecule has 0 unspecified atom stereocenters. The number of halogens is 1. The van der Waals surface area contributed by atoms with Gasteiger partial charge in [0.05, 0.1) is 10.6 Å². The summed E-state index contributed by atoms with van der Waals surface area (Å²) in [6.07, 6.45) is 0. The lowest BCUT2D eigenvalue weighted by Crippen LogP contribution is -2.13. The molecule has 2 aromatic rings. The first-order chi connectivity index (χ1) is 9.42. The van der Waals surface area contributed by atoms with E-state index in [0.29, 0.717) is 12.2 Å². The Morgan fingerprint density at radius 3 is 2.35 bits per heavy atom. The van der Waals surface area contributed by atoms with Gasteiger partial charge < -0.3 is 5.73 Å². The summed E-state index contributed by atoms with van der Waals surface area (Å²) in [6, 6.07) is 11.9. The quantitative estimate of drug-likeness (QED) is 0.886. The van der Waals surface area contributed by atoms with Crippen LogP contribution in [0.2, 0.25) is 0 Å². The van der Waals surface area contributed by atoms with Crippen LogP contribution < -0.4 is 10.5 Å². The first-order valence-corrected chi connectivity index (χ1v) is 8.28. The molecule has 20 heavy (non-hydrogen) atoms. The number of hydrogen-bond donors (Lipinski definition) is 2. The van der Waals surface area contributed by atoms with Crippen LogP contribution in [-0.2, 0) is 16.6 Å². The lowest BCUT2D eigenvalue weighted by molar-refractivity contribution is 0.601. The predicted octanol–water partition coefficient (Wildman–Crippen LogP) is 3.02. The van der Waals surface area contributed by atoms with Crippen LogP contribution in [0.3, 0.4) is 0 Å². The van der Waals surface area contributed by atoms with Crippen molar-refractivity contribution >= 4 is 31.6 Å². The van der Waals surface area contributed by atoms with Crippen molar-refractivity contribution in [3.63, 3.8) is 0 Å². The van der Waals surface area contributed by atoms with Crippen LogP contribution in [-0.4, -0.2) is 8.42 Å². The Kier molecular flexibility index (Phi) is 4.47. The minimum atomic E-state index is -3.58. The zero-order chi connectivity index (χ0) is 14.8.